The Bertz CT molecular complexity index is 292. The van der Waals surface area contributed by atoms with Crippen LogP contribution in [0.1, 0.15) is 12.5 Å². The van der Waals surface area contributed by atoms with Crippen molar-refractivity contribution in [3.8, 4) is 5.75 Å². The Hall–Kier alpha value is -1.31. The van der Waals surface area contributed by atoms with Crippen LogP contribution in [0.3, 0.4) is 0 Å². The molecule has 11 heavy (non-hydrogen) atoms. The van der Waals surface area contributed by atoms with Gasteiger partial charge in [0.2, 0.25) is 0 Å². The highest BCUT2D eigenvalue weighted by molar-refractivity contribution is 5.62. The number of hydrogen-bond acceptors (Lipinski definition) is 1. The molecule has 0 aliphatic rings. The molecule has 1 nitrogen and oxygen atoms in total. The number of rotatable bonds is 1. The fourth-order valence-corrected chi connectivity index (χ4v) is 0.778. The van der Waals surface area contributed by atoms with Gasteiger partial charge in [0.25, 0.3) is 0 Å². The van der Waals surface area contributed by atoms with Crippen molar-refractivity contribution in [2.45, 2.75) is 6.92 Å². The summed E-state index contributed by atoms with van der Waals surface area (Å²) in [5, 5.41) is 8.93. The molecule has 0 aliphatic heterocycles. The van der Waals surface area contributed by atoms with Crippen LogP contribution < -0.4 is 0 Å². The molecule has 1 N–H and O–H groups in total. The Balaban J connectivity index is 3.15. The Labute approximate surface area is 64.8 Å². The summed E-state index contributed by atoms with van der Waals surface area (Å²) >= 11 is 0. The van der Waals surface area contributed by atoms with Crippen molar-refractivity contribution in [1.82, 2.24) is 0 Å². The smallest absolute Gasteiger partial charge is 0.164 e. The first-order valence-corrected chi connectivity index (χ1v) is 3.25. The van der Waals surface area contributed by atoms with E-state index in [9.17, 15) is 4.39 Å². The Kier molecular flexibility index (Phi) is 1.94. The molecule has 0 unspecified atom stereocenters. The largest absolute Gasteiger partial charge is 0.505 e. The molecule has 1 rings (SSSR count). The first kappa shape index (κ1) is 7.79. The molecule has 0 spiro atoms. The maximum Gasteiger partial charge on any atom is 0.164 e. The number of hydrogen-bond donors (Lipinski definition) is 1. The molecule has 0 amide bonds. The summed E-state index contributed by atoms with van der Waals surface area (Å²) in [6, 6.07) is 4.16. The zero-order valence-electron chi connectivity index (χ0n) is 6.26. The van der Waals surface area contributed by atoms with E-state index in [1.165, 1.54) is 12.1 Å². The second kappa shape index (κ2) is 2.74. The van der Waals surface area contributed by atoms with Gasteiger partial charge < -0.3 is 5.11 Å². The third kappa shape index (κ3) is 1.58. The molecule has 0 atom stereocenters. The van der Waals surface area contributed by atoms with Gasteiger partial charge in [-0.1, -0.05) is 18.2 Å². The van der Waals surface area contributed by atoms with Crippen LogP contribution in [-0.4, -0.2) is 5.11 Å². The van der Waals surface area contributed by atoms with Crippen molar-refractivity contribution in [1.29, 1.82) is 0 Å². The maximum atomic E-state index is 12.5. The molecule has 0 heterocycles. The lowest BCUT2D eigenvalue weighted by atomic mass is 10.1. The number of halogens is 1. The van der Waals surface area contributed by atoms with Crippen molar-refractivity contribution in [2.75, 3.05) is 0 Å². The number of phenolic OH excluding ortho intramolecular Hbond substituents is 1. The standard InChI is InChI=1S/C9H9FO/c1-6(2)7-3-4-8(10)9(11)5-7/h3-5,11H,1H2,2H3. The minimum Gasteiger partial charge on any atom is -0.505 e. The average Bonchev–Trinajstić information content (AvgIpc) is 1.94. The molecule has 0 aliphatic carbocycles. The number of phenols is 1. The molecule has 0 aromatic heterocycles. The second-order valence-electron chi connectivity index (χ2n) is 2.45. The lowest BCUT2D eigenvalue weighted by Crippen LogP contribution is -1.80. The van der Waals surface area contributed by atoms with Crippen LogP contribution >= 0.6 is 0 Å². The molecule has 0 fully saturated rings. The monoisotopic (exact) mass is 152 g/mol. The van der Waals surface area contributed by atoms with Crippen molar-refractivity contribution >= 4 is 5.57 Å². The molecule has 0 radical (unpaired) electrons. The molecular formula is C9H9FO. The van der Waals surface area contributed by atoms with Crippen LogP contribution in [0, 0.1) is 5.82 Å². The lowest BCUT2D eigenvalue weighted by molar-refractivity contribution is 0.432. The van der Waals surface area contributed by atoms with Crippen molar-refractivity contribution < 1.29 is 9.50 Å². The minimum atomic E-state index is -0.602. The van der Waals surface area contributed by atoms with Gasteiger partial charge in [0.15, 0.2) is 11.6 Å². The third-order valence-corrected chi connectivity index (χ3v) is 1.44. The van der Waals surface area contributed by atoms with E-state index >= 15 is 0 Å². The summed E-state index contributed by atoms with van der Waals surface area (Å²) in [7, 11) is 0. The van der Waals surface area contributed by atoms with Crippen LogP contribution in [0.4, 0.5) is 4.39 Å². The summed E-state index contributed by atoms with van der Waals surface area (Å²) in [6.07, 6.45) is 0. The van der Waals surface area contributed by atoms with E-state index in [1.54, 1.807) is 13.0 Å². The van der Waals surface area contributed by atoms with E-state index in [0.29, 0.717) is 0 Å². The van der Waals surface area contributed by atoms with Gasteiger partial charge in [-0.25, -0.2) is 4.39 Å². The average molecular weight is 152 g/mol. The van der Waals surface area contributed by atoms with Crippen LogP contribution in [0.5, 0.6) is 5.75 Å². The molecule has 0 saturated heterocycles. The van der Waals surface area contributed by atoms with E-state index < -0.39 is 5.82 Å². The number of benzene rings is 1. The van der Waals surface area contributed by atoms with Gasteiger partial charge in [-0.15, -0.1) is 0 Å². The van der Waals surface area contributed by atoms with Gasteiger partial charge in [0.1, 0.15) is 0 Å². The topological polar surface area (TPSA) is 20.2 Å². The van der Waals surface area contributed by atoms with Crippen molar-refractivity contribution in [3.63, 3.8) is 0 Å². The number of allylic oxidation sites excluding steroid dienone is 1. The summed E-state index contributed by atoms with van der Waals surface area (Å²) in [6.45, 7) is 5.46. The molecule has 2 heteroatoms. The first-order chi connectivity index (χ1) is 5.11. The fraction of sp³-hybridized carbons (Fsp3) is 0.111. The molecule has 1 aromatic carbocycles. The Morgan fingerprint density at radius 2 is 2.18 bits per heavy atom. The lowest BCUT2D eigenvalue weighted by Gasteiger charge is -2.00. The summed E-state index contributed by atoms with van der Waals surface area (Å²) in [4.78, 5) is 0. The zero-order valence-corrected chi connectivity index (χ0v) is 6.26. The van der Waals surface area contributed by atoms with Crippen LogP contribution in [0.15, 0.2) is 24.8 Å². The summed E-state index contributed by atoms with van der Waals surface area (Å²) < 4.78 is 12.5. The highest BCUT2D eigenvalue weighted by atomic mass is 19.1. The van der Waals surface area contributed by atoms with Crippen molar-refractivity contribution in [3.05, 3.63) is 36.2 Å². The predicted octanol–water partition coefficient (Wildman–Crippen LogP) is 2.56. The van der Waals surface area contributed by atoms with Crippen molar-refractivity contribution in [2.24, 2.45) is 0 Å². The SMILES string of the molecule is C=C(C)c1ccc(F)c(O)c1. The molecule has 0 saturated carbocycles. The Morgan fingerprint density at radius 1 is 1.55 bits per heavy atom. The van der Waals surface area contributed by atoms with Gasteiger partial charge in [0.05, 0.1) is 0 Å². The maximum absolute atomic E-state index is 12.5. The molecule has 0 bridgehead atoms. The van der Waals surface area contributed by atoms with Gasteiger partial charge >= 0.3 is 0 Å². The second-order valence-corrected chi connectivity index (χ2v) is 2.45. The van der Waals surface area contributed by atoms with Crippen LogP contribution in [0.2, 0.25) is 0 Å². The van der Waals surface area contributed by atoms with E-state index in [0.717, 1.165) is 11.1 Å². The summed E-state index contributed by atoms with van der Waals surface area (Å²) in [5.74, 6) is -0.930. The third-order valence-electron chi connectivity index (χ3n) is 1.44. The van der Waals surface area contributed by atoms with Gasteiger partial charge in [-0.3, -0.25) is 0 Å². The molecular weight excluding hydrogens is 143 g/mol. The van der Waals surface area contributed by atoms with Gasteiger partial charge in [-0.2, -0.15) is 0 Å². The van der Waals surface area contributed by atoms with Gasteiger partial charge in [-0.05, 0) is 24.6 Å². The normalized spacial score (nSPS) is 9.64. The van der Waals surface area contributed by atoms with E-state index in [1.807, 2.05) is 0 Å². The molecule has 1 aromatic rings. The fourth-order valence-electron chi connectivity index (χ4n) is 0.778. The molecule has 58 valence electrons. The highest BCUT2D eigenvalue weighted by Crippen LogP contribution is 2.20. The quantitative estimate of drug-likeness (QED) is 0.655. The predicted molar refractivity (Wildman–Crippen MR) is 42.8 cm³/mol. The number of aromatic hydroxyl groups is 1. The van der Waals surface area contributed by atoms with Crippen LogP contribution in [0.25, 0.3) is 5.57 Å². The zero-order chi connectivity index (χ0) is 8.43. The van der Waals surface area contributed by atoms with E-state index in [-0.39, 0.29) is 5.75 Å². The van der Waals surface area contributed by atoms with Gasteiger partial charge in [0, 0.05) is 0 Å². The van der Waals surface area contributed by atoms with E-state index in [2.05, 4.69) is 6.58 Å². The summed E-state index contributed by atoms with van der Waals surface area (Å²) in [5.41, 5.74) is 1.56. The minimum absolute atomic E-state index is 0.328. The van der Waals surface area contributed by atoms with E-state index in [4.69, 9.17) is 5.11 Å². The van der Waals surface area contributed by atoms with Crippen LogP contribution in [-0.2, 0) is 0 Å². The Morgan fingerprint density at radius 3 is 2.64 bits per heavy atom. The highest BCUT2D eigenvalue weighted by Gasteiger charge is 2.00. The first-order valence-electron chi connectivity index (χ1n) is 3.25.